The van der Waals surface area contributed by atoms with Crippen LogP contribution >= 0.6 is 23.5 Å². The lowest BCUT2D eigenvalue weighted by Gasteiger charge is -2.12. The Morgan fingerprint density at radius 3 is 1.39 bits per heavy atom. The predicted octanol–water partition coefficient (Wildman–Crippen LogP) is 4.43. The summed E-state index contributed by atoms with van der Waals surface area (Å²) < 4.78 is 0. The highest BCUT2D eigenvalue weighted by atomic mass is 32.2. The monoisotopic (exact) mass is 276 g/mol. The van der Waals surface area contributed by atoms with Crippen LogP contribution in [0.4, 0.5) is 0 Å². The van der Waals surface area contributed by atoms with Crippen molar-refractivity contribution in [2.24, 2.45) is 0 Å². The van der Waals surface area contributed by atoms with Gasteiger partial charge in [-0.05, 0) is 12.1 Å². The highest BCUT2D eigenvalue weighted by molar-refractivity contribution is 8.00. The Morgan fingerprint density at radius 2 is 1.17 bits per heavy atom. The number of hydrogen-bond donors (Lipinski definition) is 0. The van der Waals surface area contributed by atoms with Crippen molar-refractivity contribution in [3.8, 4) is 12.1 Å². The molecule has 1 aromatic carbocycles. The van der Waals surface area contributed by atoms with Crippen LogP contribution in [0.25, 0.3) is 0 Å². The van der Waals surface area contributed by atoms with Crippen LogP contribution in [-0.2, 0) is 0 Å². The zero-order valence-electron chi connectivity index (χ0n) is 11.0. The molecule has 0 atom stereocenters. The van der Waals surface area contributed by atoms with Crippen molar-refractivity contribution in [2.75, 3.05) is 0 Å². The summed E-state index contributed by atoms with van der Waals surface area (Å²) in [6.07, 6.45) is 0. The van der Waals surface area contributed by atoms with Crippen LogP contribution in [0.2, 0.25) is 0 Å². The van der Waals surface area contributed by atoms with Crippen molar-refractivity contribution in [3.05, 3.63) is 23.3 Å². The summed E-state index contributed by atoms with van der Waals surface area (Å²) in [6.45, 7) is 8.31. The minimum Gasteiger partial charge on any atom is -0.192 e. The van der Waals surface area contributed by atoms with Gasteiger partial charge in [0.25, 0.3) is 0 Å². The summed E-state index contributed by atoms with van der Waals surface area (Å²) in [5, 5.41) is 19.3. The van der Waals surface area contributed by atoms with E-state index in [1.165, 1.54) is 0 Å². The smallest absolute Gasteiger partial charge is 0.102 e. The highest BCUT2D eigenvalue weighted by Gasteiger charge is 2.15. The van der Waals surface area contributed by atoms with Gasteiger partial charge in [0.15, 0.2) is 0 Å². The van der Waals surface area contributed by atoms with Crippen molar-refractivity contribution in [2.45, 2.75) is 48.0 Å². The Morgan fingerprint density at radius 1 is 0.833 bits per heavy atom. The standard InChI is InChI=1S/C14H16N2S2/c1-9(2)17-13-5-6-14(18-10(3)4)12(8-16)11(13)7-15/h5-6,9-10H,1-4H3. The van der Waals surface area contributed by atoms with Crippen LogP contribution in [0.1, 0.15) is 38.8 Å². The van der Waals surface area contributed by atoms with Gasteiger partial charge in [0.1, 0.15) is 12.1 Å². The summed E-state index contributed by atoms with van der Waals surface area (Å²) >= 11 is 3.25. The summed E-state index contributed by atoms with van der Waals surface area (Å²) in [4.78, 5) is 1.80. The van der Waals surface area contributed by atoms with E-state index in [0.717, 1.165) is 9.79 Å². The van der Waals surface area contributed by atoms with E-state index in [0.29, 0.717) is 21.6 Å². The molecule has 0 amide bonds. The third kappa shape index (κ3) is 3.70. The topological polar surface area (TPSA) is 47.6 Å². The average molecular weight is 276 g/mol. The van der Waals surface area contributed by atoms with Crippen LogP contribution < -0.4 is 0 Å². The Kier molecular flexibility index (Phi) is 5.59. The molecule has 2 nitrogen and oxygen atoms in total. The zero-order chi connectivity index (χ0) is 13.7. The van der Waals surface area contributed by atoms with Gasteiger partial charge >= 0.3 is 0 Å². The molecule has 1 aromatic rings. The summed E-state index contributed by atoms with van der Waals surface area (Å²) in [7, 11) is 0. The van der Waals surface area contributed by atoms with E-state index in [-0.39, 0.29) is 0 Å². The number of benzene rings is 1. The molecule has 18 heavy (non-hydrogen) atoms. The van der Waals surface area contributed by atoms with Gasteiger partial charge in [-0.3, -0.25) is 0 Å². The molecule has 0 aliphatic heterocycles. The number of hydrogen-bond acceptors (Lipinski definition) is 4. The minimum absolute atomic E-state index is 0.396. The fraction of sp³-hybridized carbons (Fsp3) is 0.429. The van der Waals surface area contributed by atoms with E-state index in [9.17, 15) is 10.5 Å². The molecule has 94 valence electrons. The lowest BCUT2D eigenvalue weighted by atomic mass is 10.1. The second kappa shape index (κ2) is 6.73. The number of rotatable bonds is 4. The largest absolute Gasteiger partial charge is 0.192 e. The van der Waals surface area contributed by atoms with E-state index in [2.05, 4.69) is 39.8 Å². The van der Waals surface area contributed by atoms with Crippen LogP contribution in [-0.4, -0.2) is 10.5 Å². The van der Waals surface area contributed by atoms with Crippen LogP contribution in [0.5, 0.6) is 0 Å². The molecule has 1 rings (SSSR count). The Balaban J connectivity index is 3.29. The second-order valence-electron chi connectivity index (χ2n) is 4.37. The molecule has 0 bridgehead atoms. The number of thioether (sulfide) groups is 2. The van der Waals surface area contributed by atoms with Gasteiger partial charge in [0.05, 0.1) is 11.1 Å². The van der Waals surface area contributed by atoms with Gasteiger partial charge in [-0.25, -0.2) is 0 Å². The maximum Gasteiger partial charge on any atom is 0.102 e. The van der Waals surface area contributed by atoms with Gasteiger partial charge < -0.3 is 0 Å². The SMILES string of the molecule is CC(C)Sc1ccc(SC(C)C)c(C#N)c1C#N. The molecule has 0 aliphatic rings. The molecule has 0 spiro atoms. The van der Waals surface area contributed by atoms with E-state index < -0.39 is 0 Å². The molecule has 0 saturated carbocycles. The van der Waals surface area contributed by atoms with Crippen molar-refractivity contribution >= 4 is 23.5 Å². The lowest BCUT2D eigenvalue weighted by Crippen LogP contribution is -1.96. The Hall–Kier alpha value is -1.10. The van der Waals surface area contributed by atoms with Crippen molar-refractivity contribution in [1.82, 2.24) is 0 Å². The Labute approximate surface area is 117 Å². The molecule has 0 unspecified atom stereocenters. The maximum absolute atomic E-state index is 9.28. The second-order valence-corrected chi connectivity index (χ2v) is 7.61. The predicted molar refractivity (Wildman–Crippen MR) is 77.9 cm³/mol. The quantitative estimate of drug-likeness (QED) is 0.763. The first-order valence-corrected chi connectivity index (χ1v) is 7.56. The van der Waals surface area contributed by atoms with Gasteiger partial charge in [-0.15, -0.1) is 23.5 Å². The van der Waals surface area contributed by atoms with E-state index in [1.54, 1.807) is 23.5 Å². The molecule has 0 N–H and O–H groups in total. The first-order chi connectivity index (χ1) is 8.49. The minimum atomic E-state index is 0.396. The fourth-order valence-electron chi connectivity index (χ4n) is 1.49. The summed E-state index contributed by atoms with van der Waals surface area (Å²) in [6, 6.07) is 8.26. The molecule has 0 fully saturated rings. The van der Waals surface area contributed by atoms with Crippen LogP contribution in [0, 0.1) is 22.7 Å². The molecule has 4 heteroatoms. The molecule has 0 aliphatic carbocycles. The average Bonchev–Trinajstić information content (AvgIpc) is 2.29. The summed E-state index contributed by atoms with van der Waals surface area (Å²) in [5.41, 5.74) is 1.03. The van der Waals surface area contributed by atoms with E-state index in [1.807, 2.05) is 12.1 Å². The zero-order valence-corrected chi connectivity index (χ0v) is 12.7. The molecular weight excluding hydrogens is 260 g/mol. The lowest BCUT2D eigenvalue weighted by molar-refractivity contribution is 1.10. The van der Waals surface area contributed by atoms with Crippen molar-refractivity contribution in [3.63, 3.8) is 0 Å². The summed E-state index contributed by atoms with van der Waals surface area (Å²) in [5.74, 6) is 0. The third-order valence-corrected chi connectivity index (χ3v) is 4.21. The van der Waals surface area contributed by atoms with Crippen LogP contribution in [0.15, 0.2) is 21.9 Å². The number of nitrogens with zero attached hydrogens (tertiary/aromatic N) is 2. The van der Waals surface area contributed by atoms with Gasteiger partial charge in [0, 0.05) is 20.3 Å². The fourth-order valence-corrected chi connectivity index (χ4v) is 3.33. The van der Waals surface area contributed by atoms with E-state index >= 15 is 0 Å². The molecule has 0 aromatic heterocycles. The van der Waals surface area contributed by atoms with Gasteiger partial charge in [0.2, 0.25) is 0 Å². The molecule has 0 heterocycles. The number of nitriles is 2. The van der Waals surface area contributed by atoms with Gasteiger partial charge in [-0.2, -0.15) is 10.5 Å². The maximum atomic E-state index is 9.28. The van der Waals surface area contributed by atoms with Crippen molar-refractivity contribution in [1.29, 1.82) is 10.5 Å². The first kappa shape index (κ1) is 15.0. The molecule has 0 saturated heterocycles. The first-order valence-electron chi connectivity index (χ1n) is 5.80. The third-order valence-electron chi connectivity index (χ3n) is 2.08. The molecule has 0 radical (unpaired) electrons. The molecular formula is C14H16N2S2. The highest BCUT2D eigenvalue weighted by Crippen LogP contribution is 2.34. The van der Waals surface area contributed by atoms with Gasteiger partial charge in [-0.1, -0.05) is 27.7 Å². The van der Waals surface area contributed by atoms with Crippen molar-refractivity contribution < 1.29 is 0 Å². The normalized spacial score (nSPS) is 10.4. The van der Waals surface area contributed by atoms with Crippen LogP contribution in [0.3, 0.4) is 0 Å². The Bertz CT molecular complexity index is 461. The van der Waals surface area contributed by atoms with E-state index in [4.69, 9.17) is 0 Å².